The van der Waals surface area contributed by atoms with Crippen LogP contribution in [0.25, 0.3) is 22.4 Å². The quantitative estimate of drug-likeness (QED) is 0.237. The Kier molecular flexibility index (Phi) is 7.48. The number of imidazole rings is 1. The van der Waals surface area contributed by atoms with Crippen molar-refractivity contribution in [3.8, 4) is 28.6 Å². The molecule has 0 bridgehead atoms. The Bertz CT molecular complexity index is 1610. The van der Waals surface area contributed by atoms with Crippen LogP contribution in [0.3, 0.4) is 0 Å². The lowest BCUT2D eigenvalue weighted by Gasteiger charge is -2.13. The average molecular weight is 564 g/mol. The molecule has 11 nitrogen and oxygen atoms in total. The minimum absolute atomic E-state index is 0. The third-order valence-corrected chi connectivity index (χ3v) is 6.97. The number of ether oxygens (including phenoxy) is 2. The van der Waals surface area contributed by atoms with E-state index >= 15 is 0 Å². The van der Waals surface area contributed by atoms with E-state index in [1.165, 1.54) is 0 Å². The van der Waals surface area contributed by atoms with E-state index in [1.807, 2.05) is 73.7 Å². The summed E-state index contributed by atoms with van der Waals surface area (Å²) in [5.74, 6) is 3.05. The molecule has 3 heterocycles. The van der Waals surface area contributed by atoms with Gasteiger partial charge in [0.25, 0.3) is 5.24 Å². The number of tetrazole rings is 1. The molecule has 2 aromatic heterocycles. The van der Waals surface area contributed by atoms with Gasteiger partial charge in [0.15, 0.2) is 11.9 Å². The van der Waals surface area contributed by atoms with E-state index in [0.29, 0.717) is 35.3 Å². The molecule has 0 saturated carbocycles. The number of aromatic nitrogens is 6. The standard InChI is InChI=1S/C26H21N7O4S.ClH/c1-14(36-17-6-2-15(3-7-17)12-22-25(34)29-26(35)38-22)23-27-20-11-10-19(13-21(20)28-23)37-18-8-4-16(5-9-18)24-30-32-33-31-24;/h2-11,13-14,22H,12H2,1H3,(H,27,28)(H,29,34,35)(H,30,31,32,33);1H. The highest BCUT2D eigenvalue weighted by molar-refractivity contribution is 8.15. The molecular weight excluding hydrogens is 542 g/mol. The molecule has 2 unspecified atom stereocenters. The summed E-state index contributed by atoms with van der Waals surface area (Å²) >= 11 is 1.02. The van der Waals surface area contributed by atoms with Crippen molar-refractivity contribution in [3.05, 3.63) is 78.1 Å². The lowest BCUT2D eigenvalue weighted by molar-refractivity contribution is -0.118. The number of nitrogens with one attached hydrogen (secondary N) is 3. The molecule has 1 aliphatic rings. The fourth-order valence-corrected chi connectivity index (χ4v) is 4.93. The van der Waals surface area contributed by atoms with E-state index in [1.54, 1.807) is 0 Å². The Morgan fingerprint density at radius 3 is 2.41 bits per heavy atom. The maximum Gasteiger partial charge on any atom is 0.286 e. The first-order valence-corrected chi connectivity index (χ1v) is 12.7. The number of imide groups is 1. The molecule has 2 amide bonds. The van der Waals surface area contributed by atoms with Crippen molar-refractivity contribution >= 4 is 46.3 Å². The molecule has 2 atom stereocenters. The van der Waals surface area contributed by atoms with Crippen LogP contribution in [0.4, 0.5) is 4.79 Å². The predicted octanol–water partition coefficient (Wildman–Crippen LogP) is 4.99. The van der Waals surface area contributed by atoms with E-state index in [4.69, 9.17) is 9.47 Å². The van der Waals surface area contributed by atoms with E-state index in [9.17, 15) is 9.59 Å². The highest BCUT2D eigenvalue weighted by atomic mass is 35.5. The van der Waals surface area contributed by atoms with E-state index in [2.05, 4.69) is 35.9 Å². The summed E-state index contributed by atoms with van der Waals surface area (Å²) in [5.41, 5.74) is 3.44. The molecule has 198 valence electrons. The molecule has 1 saturated heterocycles. The van der Waals surface area contributed by atoms with Crippen LogP contribution in [0, 0.1) is 0 Å². The predicted molar refractivity (Wildman–Crippen MR) is 147 cm³/mol. The molecular formula is C26H22ClN7O4S. The average Bonchev–Trinajstić information content (AvgIpc) is 3.66. The van der Waals surface area contributed by atoms with Crippen LogP contribution < -0.4 is 14.8 Å². The summed E-state index contributed by atoms with van der Waals surface area (Å²) in [6.45, 7) is 1.92. The highest BCUT2D eigenvalue weighted by Crippen LogP contribution is 2.29. The molecule has 13 heteroatoms. The zero-order valence-electron chi connectivity index (χ0n) is 20.5. The zero-order chi connectivity index (χ0) is 26.1. The van der Waals surface area contributed by atoms with Gasteiger partial charge < -0.3 is 14.5 Å². The number of carbonyl (C=O) groups is 2. The van der Waals surface area contributed by atoms with Crippen LogP contribution in [-0.2, 0) is 11.2 Å². The molecule has 3 N–H and O–H groups in total. The van der Waals surface area contributed by atoms with Crippen molar-refractivity contribution in [2.75, 3.05) is 0 Å². The molecule has 6 rings (SSSR count). The first-order valence-electron chi connectivity index (χ1n) is 11.8. The van der Waals surface area contributed by atoms with Crippen LogP contribution >= 0.6 is 24.2 Å². The fraction of sp³-hybridized carbons (Fsp3) is 0.154. The van der Waals surface area contributed by atoms with Gasteiger partial charge in [-0.25, -0.2) is 10.1 Å². The number of carbonyl (C=O) groups excluding carboxylic acids is 2. The number of rotatable bonds is 8. The number of thioether (sulfide) groups is 1. The molecule has 3 aromatic carbocycles. The van der Waals surface area contributed by atoms with Gasteiger partial charge in [0.2, 0.25) is 5.91 Å². The first-order chi connectivity index (χ1) is 18.5. The Hall–Kier alpha value is -4.42. The van der Waals surface area contributed by atoms with Gasteiger partial charge >= 0.3 is 0 Å². The number of hydrogen-bond acceptors (Lipinski definition) is 9. The summed E-state index contributed by atoms with van der Waals surface area (Å²) in [7, 11) is 0. The normalized spacial score (nSPS) is 15.6. The maximum atomic E-state index is 11.8. The lowest BCUT2D eigenvalue weighted by atomic mass is 10.1. The summed E-state index contributed by atoms with van der Waals surface area (Å²) in [6, 6.07) is 20.6. The van der Waals surface area contributed by atoms with Gasteiger partial charge in [-0.1, -0.05) is 23.9 Å². The van der Waals surface area contributed by atoms with Gasteiger partial charge in [0.1, 0.15) is 23.1 Å². The number of aromatic amines is 2. The molecule has 1 aliphatic heterocycles. The third-order valence-electron chi connectivity index (χ3n) is 5.99. The van der Waals surface area contributed by atoms with Crippen LogP contribution in [-0.4, -0.2) is 47.0 Å². The van der Waals surface area contributed by atoms with Gasteiger partial charge in [-0.15, -0.1) is 17.5 Å². The number of H-pyrrole nitrogens is 2. The van der Waals surface area contributed by atoms with E-state index < -0.39 is 5.25 Å². The summed E-state index contributed by atoms with van der Waals surface area (Å²) < 4.78 is 12.1. The van der Waals surface area contributed by atoms with Crippen LogP contribution in [0.5, 0.6) is 17.2 Å². The summed E-state index contributed by atoms with van der Waals surface area (Å²) in [4.78, 5) is 31.1. The number of benzene rings is 3. The van der Waals surface area contributed by atoms with Crippen molar-refractivity contribution in [1.29, 1.82) is 0 Å². The lowest BCUT2D eigenvalue weighted by Crippen LogP contribution is -2.25. The van der Waals surface area contributed by atoms with E-state index in [-0.39, 0.29) is 29.7 Å². The highest BCUT2D eigenvalue weighted by Gasteiger charge is 2.31. The second-order valence-corrected chi connectivity index (χ2v) is 9.84. The minimum atomic E-state index is -0.395. The Morgan fingerprint density at radius 2 is 1.72 bits per heavy atom. The van der Waals surface area contributed by atoms with Gasteiger partial charge in [-0.3, -0.25) is 14.9 Å². The third kappa shape index (κ3) is 5.86. The summed E-state index contributed by atoms with van der Waals surface area (Å²) in [5, 5.41) is 15.4. The second-order valence-electron chi connectivity index (χ2n) is 8.67. The van der Waals surface area contributed by atoms with Gasteiger partial charge in [0.05, 0.1) is 16.3 Å². The topological polar surface area (TPSA) is 148 Å². The van der Waals surface area contributed by atoms with Crippen molar-refractivity contribution in [2.45, 2.75) is 24.7 Å². The summed E-state index contributed by atoms with van der Waals surface area (Å²) in [6.07, 6.45) is 0.152. The van der Waals surface area contributed by atoms with Gasteiger partial charge in [-0.05, 0) is 77.9 Å². The molecule has 1 fully saturated rings. The Morgan fingerprint density at radius 1 is 0.974 bits per heavy atom. The number of fused-ring (bicyclic) bond motifs is 1. The van der Waals surface area contributed by atoms with Crippen LogP contribution in [0.2, 0.25) is 0 Å². The molecule has 39 heavy (non-hydrogen) atoms. The molecule has 0 spiro atoms. The zero-order valence-corrected chi connectivity index (χ0v) is 22.1. The van der Waals surface area contributed by atoms with Crippen molar-refractivity contribution in [3.63, 3.8) is 0 Å². The number of nitrogens with zero attached hydrogens (tertiary/aromatic N) is 4. The van der Waals surface area contributed by atoms with Gasteiger partial charge in [0, 0.05) is 11.6 Å². The SMILES string of the molecule is CC(Oc1ccc(CC2SC(=O)NC2=O)cc1)c1nc2ccc(Oc3ccc(-c4nnn[nH]4)cc3)cc2[nH]1.Cl. The van der Waals surface area contributed by atoms with Gasteiger partial charge in [-0.2, -0.15) is 0 Å². The van der Waals surface area contributed by atoms with Crippen LogP contribution in [0.15, 0.2) is 66.7 Å². The first kappa shape index (κ1) is 26.2. The van der Waals surface area contributed by atoms with Crippen molar-refractivity contribution in [1.82, 2.24) is 35.9 Å². The fourth-order valence-electron chi connectivity index (χ4n) is 4.07. The smallest absolute Gasteiger partial charge is 0.286 e. The minimum Gasteiger partial charge on any atom is -0.483 e. The number of amides is 2. The molecule has 5 aromatic rings. The van der Waals surface area contributed by atoms with E-state index in [0.717, 1.165) is 33.9 Å². The Balaban J connectivity index is 0.00000308. The molecule has 0 aliphatic carbocycles. The Labute approximate surface area is 232 Å². The largest absolute Gasteiger partial charge is 0.483 e. The number of hydrogen-bond donors (Lipinski definition) is 3. The number of halogens is 1. The maximum absolute atomic E-state index is 11.8. The second kappa shape index (κ2) is 11.1. The molecule has 0 radical (unpaired) electrons. The van der Waals surface area contributed by atoms with Crippen molar-refractivity contribution < 1.29 is 19.1 Å². The van der Waals surface area contributed by atoms with Crippen LogP contribution in [0.1, 0.15) is 24.4 Å². The van der Waals surface area contributed by atoms with Crippen molar-refractivity contribution in [2.24, 2.45) is 0 Å². The monoisotopic (exact) mass is 563 g/mol.